The van der Waals surface area contributed by atoms with Gasteiger partial charge in [0.1, 0.15) is 11.9 Å². The quantitative estimate of drug-likeness (QED) is 0.918. The Morgan fingerprint density at radius 1 is 1.19 bits per heavy atom. The number of aromatic nitrogens is 2. The van der Waals surface area contributed by atoms with E-state index in [0.717, 1.165) is 18.5 Å². The van der Waals surface area contributed by atoms with E-state index in [4.69, 9.17) is 0 Å². The zero-order valence-corrected chi connectivity index (χ0v) is 14.8. The number of hydrogen-bond donors (Lipinski definition) is 1. The van der Waals surface area contributed by atoms with Gasteiger partial charge in [-0.1, -0.05) is 0 Å². The second kappa shape index (κ2) is 8.30. The van der Waals surface area contributed by atoms with Gasteiger partial charge in [0.05, 0.1) is 11.6 Å². The van der Waals surface area contributed by atoms with Gasteiger partial charge in [-0.2, -0.15) is 5.26 Å². The summed E-state index contributed by atoms with van der Waals surface area (Å²) in [5, 5.41) is 12.3. The highest BCUT2D eigenvalue weighted by Gasteiger charge is 2.22. The molecule has 0 spiro atoms. The number of nitrogens with one attached hydrogen (secondary N) is 1. The average Bonchev–Trinajstić information content (AvgIpc) is 2.95. The predicted molar refractivity (Wildman–Crippen MR) is 98.5 cm³/mol. The molecular formula is C19H22N6O. The fourth-order valence-corrected chi connectivity index (χ4v) is 3.08. The van der Waals surface area contributed by atoms with Gasteiger partial charge in [-0.15, -0.1) is 0 Å². The molecule has 2 amide bonds. The lowest BCUT2D eigenvalue weighted by Gasteiger charge is -2.25. The van der Waals surface area contributed by atoms with Gasteiger partial charge in [0.2, 0.25) is 0 Å². The summed E-state index contributed by atoms with van der Waals surface area (Å²) in [5.74, 6) is 0.697. The van der Waals surface area contributed by atoms with Crippen molar-refractivity contribution >= 4 is 11.8 Å². The van der Waals surface area contributed by atoms with E-state index >= 15 is 0 Å². The number of carbonyl (C=O) groups is 1. The number of anilines is 1. The molecule has 0 saturated carbocycles. The summed E-state index contributed by atoms with van der Waals surface area (Å²) in [7, 11) is 0. The molecule has 1 atom stereocenters. The van der Waals surface area contributed by atoms with Crippen LogP contribution < -0.4 is 10.2 Å². The molecule has 7 heteroatoms. The molecule has 0 radical (unpaired) electrons. The highest BCUT2D eigenvalue weighted by Crippen LogP contribution is 2.18. The zero-order valence-electron chi connectivity index (χ0n) is 14.8. The van der Waals surface area contributed by atoms with Crippen LogP contribution in [0, 0.1) is 11.3 Å². The summed E-state index contributed by atoms with van der Waals surface area (Å²) < 4.78 is 0. The first kappa shape index (κ1) is 17.7. The summed E-state index contributed by atoms with van der Waals surface area (Å²) in [6.07, 6.45) is 5.98. The Balaban J connectivity index is 1.61. The van der Waals surface area contributed by atoms with E-state index in [9.17, 15) is 10.1 Å². The van der Waals surface area contributed by atoms with Gasteiger partial charge in [-0.3, -0.25) is 4.98 Å². The van der Waals surface area contributed by atoms with Crippen LogP contribution in [0.15, 0.2) is 42.9 Å². The maximum absolute atomic E-state index is 12.6. The van der Waals surface area contributed by atoms with Crippen LogP contribution >= 0.6 is 0 Å². The van der Waals surface area contributed by atoms with Crippen molar-refractivity contribution in [1.29, 1.82) is 5.26 Å². The number of urea groups is 1. The van der Waals surface area contributed by atoms with Gasteiger partial charge in [0.25, 0.3) is 0 Å². The third-order valence-corrected chi connectivity index (χ3v) is 4.54. The minimum absolute atomic E-state index is 0.0716. The third-order valence-electron chi connectivity index (χ3n) is 4.54. The van der Waals surface area contributed by atoms with E-state index in [0.29, 0.717) is 31.0 Å². The lowest BCUT2D eigenvalue weighted by atomic mass is 10.1. The maximum atomic E-state index is 12.6. The molecule has 3 rings (SSSR count). The van der Waals surface area contributed by atoms with Crippen LogP contribution in [0.2, 0.25) is 0 Å². The Morgan fingerprint density at radius 3 is 2.77 bits per heavy atom. The standard InChI is InChI=1S/C19H22N6O/c1-15(16-5-8-21-9-6-16)23-19(26)25-11-3-10-24(12-13-25)18-17(14-20)4-2-7-22-18/h2,4-9,15H,3,10-13H2,1H3,(H,23,26). The van der Waals surface area contributed by atoms with Crippen LogP contribution in [0.5, 0.6) is 0 Å². The van der Waals surface area contributed by atoms with Gasteiger partial charge < -0.3 is 15.1 Å². The Labute approximate surface area is 153 Å². The molecule has 26 heavy (non-hydrogen) atoms. The van der Waals surface area contributed by atoms with E-state index in [2.05, 4.69) is 26.3 Å². The summed E-state index contributed by atoms with van der Waals surface area (Å²) in [4.78, 5) is 24.9. The van der Waals surface area contributed by atoms with Gasteiger partial charge in [0, 0.05) is 44.8 Å². The monoisotopic (exact) mass is 350 g/mol. The fourth-order valence-electron chi connectivity index (χ4n) is 3.08. The first-order valence-electron chi connectivity index (χ1n) is 8.74. The molecule has 1 saturated heterocycles. The van der Waals surface area contributed by atoms with Gasteiger partial charge >= 0.3 is 6.03 Å². The first-order valence-corrected chi connectivity index (χ1v) is 8.74. The molecule has 2 aromatic heterocycles. The Kier molecular flexibility index (Phi) is 5.64. The van der Waals surface area contributed by atoms with Gasteiger partial charge in [0.15, 0.2) is 0 Å². The summed E-state index contributed by atoms with van der Waals surface area (Å²) in [5.41, 5.74) is 1.59. The van der Waals surface area contributed by atoms with Crippen LogP contribution in [0.1, 0.15) is 30.5 Å². The molecule has 0 aromatic carbocycles. The molecule has 1 N–H and O–H groups in total. The van der Waals surface area contributed by atoms with Gasteiger partial charge in [-0.05, 0) is 43.2 Å². The van der Waals surface area contributed by atoms with Crippen molar-refractivity contribution in [2.45, 2.75) is 19.4 Å². The number of rotatable bonds is 3. The smallest absolute Gasteiger partial charge is 0.317 e. The Hall–Kier alpha value is -3.14. The van der Waals surface area contributed by atoms with E-state index in [1.807, 2.05) is 24.0 Å². The molecule has 134 valence electrons. The SMILES string of the molecule is CC(NC(=O)N1CCCN(c2ncccc2C#N)CC1)c1ccncc1. The normalized spacial score (nSPS) is 15.7. The van der Waals surface area contributed by atoms with Crippen LogP contribution in [-0.2, 0) is 0 Å². The molecule has 2 aromatic rings. The van der Waals surface area contributed by atoms with Crippen LogP contribution in [0.4, 0.5) is 10.6 Å². The van der Waals surface area contributed by atoms with Crippen molar-refractivity contribution in [3.8, 4) is 6.07 Å². The molecule has 7 nitrogen and oxygen atoms in total. The minimum atomic E-state index is -0.0779. The Morgan fingerprint density at radius 2 is 2.00 bits per heavy atom. The number of nitrogens with zero attached hydrogens (tertiary/aromatic N) is 5. The lowest BCUT2D eigenvalue weighted by molar-refractivity contribution is 0.198. The minimum Gasteiger partial charge on any atom is -0.354 e. The molecule has 0 aliphatic carbocycles. The van der Waals surface area contributed by atoms with Crippen LogP contribution in [0.3, 0.4) is 0 Å². The van der Waals surface area contributed by atoms with Crippen molar-refractivity contribution in [1.82, 2.24) is 20.2 Å². The predicted octanol–water partition coefficient (Wildman–Crippen LogP) is 2.33. The molecule has 1 unspecified atom stereocenters. The van der Waals surface area contributed by atoms with Crippen molar-refractivity contribution in [3.05, 3.63) is 54.0 Å². The highest BCUT2D eigenvalue weighted by atomic mass is 16.2. The first-order chi connectivity index (χ1) is 12.7. The molecule has 1 aliphatic rings. The largest absolute Gasteiger partial charge is 0.354 e. The summed E-state index contributed by atoms with van der Waals surface area (Å²) in [6, 6.07) is 9.38. The van der Waals surface area contributed by atoms with E-state index in [1.165, 1.54) is 0 Å². The second-order valence-electron chi connectivity index (χ2n) is 6.27. The molecular weight excluding hydrogens is 328 g/mol. The van der Waals surface area contributed by atoms with Crippen molar-refractivity contribution < 1.29 is 4.79 Å². The summed E-state index contributed by atoms with van der Waals surface area (Å²) >= 11 is 0. The fraction of sp³-hybridized carbons (Fsp3) is 0.368. The average molecular weight is 350 g/mol. The number of nitriles is 1. The van der Waals surface area contributed by atoms with E-state index in [1.54, 1.807) is 30.7 Å². The number of pyridine rings is 2. The van der Waals surface area contributed by atoms with Gasteiger partial charge in [-0.25, -0.2) is 9.78 Å². The molecule has 1 fully saturated rings. The van der Waals surface area contributed by atoms with Crippen LogP contribution in [0.25, 0.3) is 0 Å². The number of carbonyl (C=O) groups excluding carboxylic acids is 1. The van der Waals surface area contributed by atoms with Crippen molar-refractivity contribution in [2.24, 2.45) is 0 Å². The van der Waals surface area contributed by atoms with Crippen LogP contribution in [-0.4, -0.2) is 47.1 Å². The number of hydrogen-bond acceptors (Lipinski definition) is 5. The maximum Gasteiger partial charge on any atom is 0.317 e. The summed E-state index contributed by atoms with van der Waals surface area (Å²) in [6.45, 7) is 4.67. The molecule has 0 bridgehead atoms. The topological polar surface area (TPSA) is 85.2 Å². The third kappa shape index (κ3) is 4.09. The van der Waals surface area contributed by atoms with Crippen molar-refractivity contribution in [2.75, 3.05) is 31.1 Å². The number of amides is 2. The van der Waals surface area contributed by atoms with E-state index < -0.39 is 0 Å². The van der Waals surface area contributed by atoms with Crippen molar-refractivity contribution in [3.63, 3.8) is 0 Å². The lowest BCUT2D eigenvalue weighted by Crippen LogP contribution is -2.43. The second-order valence-corrected chi connectivity index (χ2v) is 6.27. The Bertz CT molecular complexity index is 788. The van der Waals surface area contributed by atoms with E-state index in [-0.39, 0.29) is 12.1 Å². The highest BCUT2D eigenvalue weighted by molar-refractivity contribution is 5.75. The molecule has 3 heterocycles. The molecule has 1 aliphatic heterocycles. The zero-order chi connectivity index (χ0) is 18.4.